The van der Waals surface area contributed by atoms with E-state index >= 15 is 0 Å². The van der Waals surface area contributed by atoms with E-state index in [0.717, 1.165) is 8.45 Å². The average Bonchev–Trinajstić information content (AvgIpc) is 3.84. The van der Waals surface area contributed by atoms with E-state index in [2.05, 4.69) is 160 Å². The second-order valence-electron chi connectivity index (χ2n) is 15.3. The van der Waals surface area contributed by atoms with Gasteiger partial charge < -0.3 is 0 Å². The molecule has 0 aliphatic heterocycles. The van der Waals surface area contributed by atoms with E-state index < -0.39 is 49.8 Å². The molecule has 0 aromatic heterocycles. The molecule has 0 heterocycles. The van der Waals surface area contributed by atoms with Crippen LogP contribution in [0, 0.1) is 0 Å². The van der Waals surface area contributed by atoms with Crippen molar-refractivity contribution in [1.82, 2.24) is 0 Å². The molecule has 0 aromatic carbocycles. The molecule has 240 valence electrons. The van der Waals surface area contributed by atoms with Gasteiger partial charge in [0.05, 0.1) is 0 Å². The molecule has 6 aliphatic rings. The first-order valence-corrected chi connectivity index (χ1v) is 30.3. The Hall–Kier alpha value is -0.977. The van der Waals surface area contributed by atoms with Gasteiger partial charge in [-0.2, -0.15) is 0 Å². The topological polar surface area (TPSA) is 0 Å². The third-order valence-electron chi connectivity index (χ3n) is 11.4. The fourth-order valence-corrected chi connectivity index (χ4v) is 28.8. The van der Waals surface area contributed by atoms with Crippen LogP contribution < -0.4 is 0 Å². The molecule has 0 bridgehead atoms. The van der Waals surface area contributed by atoms with Gasteiger partial charge in [-0.05, 0) is 0 Å². The third kappa shape index (κ3) is 8.02. The number of allylic oxidation sites excluding steroid dienone is 24. The van der Waals surface area contributed by atoms with Crippen LogP contribution in [0.25, 0.3) is 0 Å². The van der Waals surface area contributed by atoms with E-state index in [1.807, 2.05) is 0 Å². The van der Waals surface area contributed by atoms with Gasteiger partial charge >= 0.3 is 291 Å². The molecule has 6 aliphatic carbocycles. The van der Waals surface area contributed by atoms with Crippen LogP contribution in [-0.4, -0.2) is 0 Å². The van der Waals surface area contributed by atoms with Gasteiger partial charge in [-0.3, -0.25) is 0 Å². The Bertz CT molecular complexity index is 1390. The zero-order valence-corrected chi connectivity index (χ0v) is 34.8. The first-order valence-electron chi connectivity index (χ1n) is 17.5. The molecule has 3 heteroatoms. The molecule has 0 nitrogen and oxygen atoms in total. The summed E-state index contributed by atoms with van der Waals surface area (Å²) in [6, 6.07) is 0. The van der Waals surface area contributed by atoms with Crippen LogP contribution in [0.1, 0.15) is 80.1 Å². The molecule has 6 rings (SSSR count). The average molecular weight is 709 g/mol. The molecule has 0 spiro atoms. The Balaban J connectivity index is 0.000000155. The maximum absolute atomic E-state index is 2.55. The standard InChI is InChI=1S/2C6H7.4C5H5.2C3H7.4CH3.3Ti/c2*1-6-4-2-3-5-6;4*1-2-4-5-3-1;2*1-3-2;;;;;;;/h2*2,4H,3H2,1H3;4*1-3H,4H2;2*3H,1-2H3;4*1H3;;;. The molecule has 0 amide bonds. The van der Waals surface area contributed by atoms with Gasteiger partial charge in [-0.1, -0.05) is 0 Å². The predicted octanol–water partition coefficient (Wildman–Crippen LogP) is 14.1. The van der Waals surface area contributed by atoms with Crippen molar-refractivity contribution in [2.45, 2.75) is 109 Å². The minimum atomic E-state index is -2.10. The molecule has 0 radical (unpaired) electrons. The zero-order chi connectivity index (χ0) is 32.8. The monoisotopic (exact) mass is 708 g/mol. The predicted molar refractivity (Wildman–Crippen MR) is 194 cm³/mol. The molecule has 0 saturated heterocycles. The minimum absolute atomic E-state index is 0.840. The van der Waals surface area contributed by atoms with Crippen LogP contribution in [0.2, 0.25) is 29.4 Å². The van der Waals surface area contributed by atoms with Crippen LogP contribution >= 0.6 is 0 Å². The number of rotatable bonds is 8. The normalized spacial score (nSPS) is 20.4. The third-order valence-corrected chi connectivity index (χ3v) is 34.3. The Morgan fingerprint density at radius 2 is 0.778 bits per heavy atom. The molecular formula is C42H60Ti3. The molecule has 0 unspecified atom stereocenters. The van der Waals surface area contributed by atoms with Gasteiger partial charge in [0.2, 0.25) is 0 Å². The van der Waals surface area contributed by atoms with Crippen LogP contribution in [0.15, 0.2) is 132 Å². The van der Waals surface area contributed by atoms with Crippen molar-refractivity contribution < 1.29 is 49.8 Å². The van der Waals surface area contributed by atoms with Gasteiger partial charge in [0, 0.05) is 0 Å². The van der Waals surface area contributed by atoms with E-state index in [9.17, 15) is 0 Å². The van der Waals surface area contributed by atoms with E-state index in [-0.39, 0.29) is 0 Å². The van der Waals surface area contributed by atoms with Crippen LogP contribution in [0.3, 0.4) is 0 Å². The summed E-state index contributed by atoms with van der Waals surface area (Å²) < 4.78 is 12.3. The fraction of sp³-hybridized carbons (Fsp3) is 0.429. The summed E-state index contributed by atoms with van der Waals surface area (Å²) in [4.78, 5) is 0. The van der Waals surface area contributed by atoms with Crippen molar-refractivity contribution in [3.8, 4) is 0 Å². The Labute approximate surface area is 288 Å². The molecule has 45 heavy (non-hydrogen) atoms. The molecule has 0 aromatic rings. The molecule has 0 atom stereocenters. The summed E-state index contributed by atoms with van der Waals surface area (Å²) in [7, 11) is 0. The van der Waals surface area contributed by atoms with Crippen molar-refractivity contribution in [2.24, 2.45) is 0 Å². The Morgan fingerprint density at radius 1 is 0.444 bits per heavy atom. The SMILES string of the molecule is CC1=[C]([Ti]([CH3])([CH3])[C]2=C(C)C=CC2)CC=C1.C[CH](C)[Ti]([C]1=CC=CC1)([C]1=CC=CC1)[CH](C)C.[CH3][Ti]([CH3])([C]1=CC=CC1)[C]1=CC=CC1. The van der Waals surface area contributed by atoms with Crippen molar-refractivity contribution in [3.63, 3.8) is 0 Å². The summed E-state index contributed by atoms with van der Waals surface area (Å²) in [5.74, 6) is 0. The second-order valence-corrected chi connectivity index (χ2v) is 37.6. The Kier molecular flexibility index (Phi) is 13.1. The molecular weight excluding hydrogens is 648 g/mol. The molecule has 0 fully saturated rings. The van der Waals surface area contributed by atoms with Crippen molar-refractivity contribution in [1.29, 1.82) is 0 Å². The van der Waals surface area contributed by atoms with E-state index in [0.29, 0.717) is 0 Å². The quantitative estimate of drug-likeness (QED) is 0.220. The van der Waals surface area contributed by atoms with Gasteiger partial charge in [0.1, 0.15) is 0 Å². The number of hydrogen-bond acceptors (Lipinski definition) is 0. The number of hydrogen-bond donors (Lipinski definition) is 0. The fourth-order valence-electron chi connectivity index (χ4n) is 8.80. The van der Waals surface area contributed by atoms with E-state index in [1.165, 1.54) is 38.5 Å². The van der Waals surface area contributed by atoms with Crippen LogP contribution in [0.5, 0.6) is 0 Å². The van der Waals surface area contributed by atoms with Crippen molar-refractivity contribution in [2.75, 3.05) is 0 Å². The van der Waals surface area contributed by atoms with Gasteiger partial charge in [-0.25, -0.2) is 0 Å². The molecule has 0 saturated carbocycles. The van der Waals surface area contributed by atoms with E-state index in [1.54, 1.807) is 34.4 Å². The summed E-state index contributed by atoms with van der Waals surface area (Å²) in [5, 5.41) is 10.1. The van der Waals surface area contributed by atoms with Gasteiger partial charge in [0.25, 0.3) is 0 Å². The van der Waals surface area contributed by atoms with Crippen LogP contribution in [0.4, 0.5) is 0 Å². The van der Waals surface area contributed by atoms with Gasteiger partial charge in [0.15, 0.2) is 0 Å². The van der Waals surface area contributed by atoms with E-state index in [4.69, 9.17) is 0 Å². The second kappa shape index (κ2) is 15.9. The first kappa shape index (κ1) is 36.9. The maximum atomic E-state index is 2.55. The Morgan fingerprint density at radius 3 is 1.02 bits per heavy atom. The first-order chi connectivity index (χ1) is 21.3. The zero-order valence-electron chi connectivity index (χ0n) is 30.1. The summed E-state index contributed by atoms with van der Waals surface area (Å²) in [6.07, 6.45) is 44.3. The van der Waals surface area contributed by atoms with Crippen LogP contribution in [-0.2, 0) is 49.8 Å². The summed E-state index contributed by atoms with van der Waals surface area (Å²) >= 11 is -5.74. The summed E-state index contributed by atoms with van der Waals surface area (Å²) in [6.45, 7) is 14.4. The van der Waals surface area contributed by atoms with Crippen molar-refractivity contribution >= 4 is 0 Å². The summed E-state index contributed by atoms with van der Waals surface area (Å²) in [5.41, 5.74) is 3.10. The molecule has 0 N–H and O–H groups in total. The van der Waals surface area contributed by atoms with Gasteiger partial charge in [-0.15, -0.1) is 0 Å². The van der Waals surface area contributed by atoms with Crippen molar-refractivity contribution in [3.05, 3.63) is 132 Å².